The lowest BCUT2D eigenvalue weighted by Gasteiger charge is -2.33. The van der Waals surface area contributed by atoms with Gasteiger partial charge in [0.2, 0.25) is 5.91 Å². The second kappa shape index (κ2) is 12.0. The minimum absolute atomic E-state index is 0.00567. The number of anilines is 1. The SMILES string of the molecule is COc1cc2c(cc1CN1CCC(Nc3ncnc4sc(CC(F)(F)F)cc34)CC1)cc(C#N)n2C[C@@H]1CNC(=O)CO1. The minimum atomic E-state index is -4.27. The normalized spacial score (nSPS) is 18.6. The van der Waals surface area contributed by atoms with Crippen molar-refractivity contribution in [2.75, 3.05) is 38.7 Å². The number of rotatable bonds is 8. The summed E-state index contributed by atoms with van der Waals surface area (Å²) in [6.07, 6.45) is -2.42. The summed E-state index contributed by atoms with van der Waals surface area (Å²) in [5, 5.41) is 17.6. The van der Waals surface area contributed by atoms with Crippen LogP contribution in [0.3, 0.4) is 0 Å². The van der Waals surface area contributed by atoms with E-state index in [0.717, 1.165) is 59.5 Å². The molecule has 5 heterocycles. The van der Waals surface area contributed by atoms with Gasteiger partial charge < -0.3 is 24.7 Å². The van der Waals surface area contributed by atoms with Crippen LogP contribution in [0, 0.1) is 11.3 Å². The Balaban J connectivity index is 1.12. The van der Waals surface area contributed by atoms with Crippen LogP contribution in [-0.4, -0.2) is 77.0 Å². The Labute approximate surface area is 249 Å². The highest BCUT2D eigenvalue weighted by Gasteiger charge is 2.29. The lowest BCUT2D eigenvalue weighted by Crippen LogP contribution is -2.44. The van der Waals surface area contributed by atoms with E-state index in [9.17, 15) is 23.2 Å². The standard InChI is InChI=1S/C29H30F3N7O3S/c1-41-25-9-24-17(7-20(11-33)39(24)14-21-12-34-26(40)15-42-21)6-18(25)13-38-4-2-19(3-5-38)37-27-23-8-22(10-29(30,31)32)43-28(23)36-16-35-27/h6-9,16,19,21H,2-5,10,12-15H2,1H3,(H,34,40)(H,35,36,37)/t21-/m0/s1. The number of carbonyl (C=O) groups is 1. The highest BCUT2D eigenvalue weighted by Crippen LogP contribution is 2.34. The Morgan fingerprint density at radius 1 is 1.23 bits per heavy atom. The number of carbonyl (C=O) groups excluding carboxylic acids is 1. The number of benzene rings is 1. The second-order valence-corrected chi connectivity index (χ2v) is 12.0. The molecule has 2 aliphatic rings. The number of likely N-dealkylation sites (tertiary alicyclic amines) is 1. The van der Waals surface area contributed by atoms with E-state index in [-0.39, 0.29) is 29.5 Å². The van der Waals surface area contributed by atoms with E-state index in [1.54, 1.807) is 13.2 Å². The van der Waals surface area contributed by atoms with Crippen molar-refractivity contribution in [3.05, 3.63) is 46.7 Å². The van der Waals surface area contributed by atoms with Gasteiger partial charge >= 0.3 is 6.18 Å². The monoisotopic (exact) mass is 613 g/mol. The van der Waals surface area contributed by atoms with Crippen LogP contribution in [0.25, 0.3) is 21.1 Å². The van der Waals surface area contributed by atoms with Gasteiger partial charge in [-0.15, -0.1) is 11.3 Å². The van der Waals surface area contributed by atoms with Crippen LogP contribution in [0.1, 0.15) is 29.0 Å². The molecule has 0 aliphatic carbocycles. The first-order valence-corrected chi connectivity index (χ1v) is 14.8. The van der Waals surface area contributed by atoms with E-state index < -0.39 is 12.6 Å². The number of nitriles is 1. The van der Waals surface area contributed by atoms with Gasteiger partial charge in [-0.05, 0) is 31.0 Å². The van der Waals surface area contributed by atoms with Crippen LogP contribution in [0.15, 0.2) is 30.6 Å². The van der Waals surface area contributed by atoms with Gasteiger partial charge in [-0.25, -0.2) is 9.97 Å². The zero-order valence-electron chi connectivity index (χ0n) is 23.4. The average molecular weight is 614 g/mol. The summed E-state index contributed by atoms with van der Waals surface area (Å²) in [7, 11) is 1.63. The molecule has 2 fully saturated rings. The van der Waals surface area contributed by atoms with Gasteiger partial charge in [0.1, 0.15) is 41.1 Å². The summed E-state index contributed by atoms with van der Waals surface area (Å²) >= 11 is 1.05. The van der Waals surface area contributed by atoms with Crippen LogP contribution >= 0.6 is 11.3 Å². The molecule has 6 rings (SSSR count). The molecule has 3 aromatic heterocycles. The number of alkyl halides is 3. The van der Waals surface area contributed by atoms with Crippen LogP contribution in [0.2, 0.25) is 0 Å². The number of aromatic nitrogens is 3. The number of hydrogen-bond donors (Lipinski definition) is 2. The van der Waals surface area contributed by atoms with Crippen molar-refractivity contribution in [2.24, 2.45) is 0 Å². The van der Waals surface area contributed by atoms with Gasteiger partial charge in [0.15, 0.2) is 0 Å². The number of fused-ring (bicyclic) bond motifs is 2. The highest BCUT2D eigenvalue weighted by molar-refractivity contribution is 7.18. The number of morpholine rings is 1. The fourth-order valence-electron chi connectivity index (χ4n) is 5.77. The summed E-state index contributed by atoms with van der Waals surface area (Å²) in [6.45, 7) is 3.11. The maximum Gasteiger partial charge on any atom is 0.393 e. The average Bonchev–Trinajstić information content (AvgIpc) is 3.54. The number of hydrogen-bond acceptors (Lipinski definition) is 9. The number of ether oxygens (including phenoxy) is 2. The maximum absolute atomic E-state index is 12.9. The van der Waals surface area contributed by atoms with Gasteiger partial charge in [0.05, 0.1) is 37.1 Å². The van der Waals surface area contributed by atoms with E-state index in [2.05, 4.69) is 37.6 Å². The lowest BCUT2D eigenvalue weighted by atomic mass is 10.0. The molecule has 1 aromatic carbocycles. The second-order valence-electron chi connectivity index (χ2n) is 10.9. The number of piperidine rings is 1. The van der Waals surface area contributed by atoms with E-state index in [0.29, 0.717) is 41.4 Å². The van der Waals surface area contributed by atoms with Gasteiger partial charge in [0, 0.05) is 54.1 Å². The molecule has 43 heavy (non-hydrogen) atoms. The van der Waals surface area contributed by atoms with Crippen molar-refractivity contribution >= 4 is 44.2 Å². The summed E-state index contributed by atoms with van der Waals surface area (Å²) < 4.78 is 52.0. The third-order valence-corrected chi connectivity index (χ3v) is 8.90. The first-order chi connectivity index (χ1) is 20.7. The third kappa shape index (κ3) is 6.53. The Hall–Kier alpha value is -3.93. The summed E-state index contributed by atoms with van der Waals surface area (Å²) in [4.78, 5) is 23.1. The first kappa shape index (κ1) is 29.2. The minimum Gasteiger partial charge on any atom is -0.496 e. The molecule has 10 nitrogen and oxygen atoms in total. The fourth-order valence-corrected chi connectivity index (χ4v) is 6.79. The van der Waals surface area contributed by atoms with Crippen molar-refractivity contribution in [1.29, 1.82) is 5.26 Å². The molecule has 226 valence electrons. The highest BCUT2D eigenvalue weighted by atomic mass is 32.1. The largest absolute Gasteiger partial charge is 0.496 e. The van der Waals surface area contributed by atoms with Crippen molar-refractivity contribution in [2.45, 2.75) is 50.7 Å². The van der Waals surface area contributed by atoms with Crippen LogP contribution in [0.5, 0.6) is 5.75 Å². The quantitative estimate of drug-likeness (QED) is 0.304. The molecule has 1 atom stereocenters. The Bertz CT molecular complexity index is 1680. The van der Waals surface area contributed by atoms with Gasteiger partial charge in [-0.2, -0.15) is 18.4 Å². The number of thiophene rings is 1. The molecule has 0 saturated carbocycles. The summed E-state index contributed by atoms with van der Waals surface area (Å²) in [5.74, 6) is 1.15. The van der Waals surface area contributed by atoms with Crippen molar-refractivity contribution in [3.8, 4) is 11.8 Å². The third-order valence-electron chi connectivity index (χ3n) is 7.86. The van der Waals surface area contributed by atoms with Gasteiger partial charge in [-0.1, -0.05) is 0 Å². The Kier molecular flexibility index (Phi) is 8.13. The molecule has 2 aliphatic heterocycles. The topological polar surface area (TPSA) is 117 Å². The molecule has 0 bridgehead atoms. The predicted octanol–water partition coefficient (Wildman–Crippen LogP) is 4.22. The fraction of sp³-hybridized carbons (Fsp3) is 0.448. The number of halogens is 3. The maximum atomic E-state index is 12.9. The van der Waals surface area contributed by atoms with Crippen LogP contribution in [-0.2, 0) is 29.0 Å². The smallest absolute Gasteiger partial charge is 0.393 e. The Morgan fingerprint density at radius 3 is 2.74 bits per heavy atom. The summed E-state index contributed by atoms with van der Waals surface area (Å²) in [5.41, 5.74) is 2.39. The van der Waals surface area contributed by atoms with Gasteiger partial charge in [-0.3, -0.25) is 9.69 Å². The molecular formula is C29H30F3N7O3S. The molecule has 0 radical (unpaired) electrons. The molecule has 0 spiro atoms. The molecule has 2 saturated heterocycles. The number of amides is 1. The summed E-state index contributed by atoms with van der Waals surface area (Å²) in [6, 6.07) is 9.82. The van der Waals surface area contributed by atoms with Crippen molar-refractivity contribution in [1.82, 2.24) is 24.8 Å². The van der Waals surface area contributed by atoms with E-state index >= 15 is 0 Å². The molecule has 1 amide bonds. The molecular weight excluding hydrogens is 583 g/mol. The molecule has 4 aromatic rings. The van der Waals surface area contributed by atoms with E-state index in [1.807, 2.05) is 16.7 Å². The van der Waals surface area contributed by atoms with Crippen LogP contribution in [0.4, 0.5) is 19.0 Å². The van der Waals surface area contributed by atoms with Crippen molar-refractivity contribution < 1.29 is 27.4 Å². The number of methoxy groups -OCH3 is 1. The zero-order chi connectivity index (χ0) is 30.1. The lowest BCUT2D eigenvalue weighted by molar-refractivity contribution is -0.133. The van der Waals surface area contributed by atoms with Crippen LogP contribution < -0.4 is 15.4 Å². The number of nitrogens with zero attached hydrogens (tertiary/aromatic N) is 5. The molecule has 14 heteroatoms. The molecule has 2 N–H and O–H groups in total. The predicted molar refractivity (Wildman–Crippen MR) is 155 cm³/mol. The van der Waals surface area contributed by atoms with Gasteiger partial charge in [0.25, 0.3) is 0 Å². The Morgan fingerprint density at radius 2 is 2.05 bits per heavy atom. The molecule has 0 unspecified atom stereocenters. The van der Waals surface area contributed by atoms with E-state index in [4.69, 9.17) is 9.47 Å². The van der Waals surface area contributed by atoms with Crippen molar-refractivity contribution in [3.63, 3.8) is 0 Å². The first-order valence-electron chi connectivity index (χ1n) is 14.0. The van der Waals surface area contributed by atoms with E-state index in [1.165, 1.54) is 6.33 Å². The number of nitrogens with one attached hydrogen (secondary N) is 2. The zero-order valence-corrected chi connectivity index (χ0v) is 24.2.